The molecule has 8 nitrogen and oxygen atoms in total. The number of primary amides is 1. The number of methoxy groups -OCH3 is 1. The number of anilines is 1. The molecule has 0 fully saturated rings. The Morgan fingerprint density at radius 1 is 1.19 bits per heavy atom. The van der Waals surface area contributed by atoms with E-state index in [4.69, 9.17) is 10.5 Å². The molecule has 2 amide bonds. The molecule has 0 aliphatic heterocycles. The van der Waals surface area contributed by atoms with Crippen LogP contribution < -0.4 is 21.2 Å². The van der Waals surface area contributed by atoms with Crippen molar-refractivity contribution in [2.24, 2.45) is 5.73 Å². The Morgan fingerprint density at radius 3 is 2.52 bits per heavy atom. The van der Waals surface area contributed by atoms with Crippen molar-refractivity contribution in [1.82, 2.24) is 9.55 Å². The smallest absolute Gasteiger partial charge is 0.261 e. The van der Waals surface area contributed by atoms with Gasteiger partial charge in [0.25, 0.3) is 5.91 Å². The number of carbonyl (C=O) groups is 2. The van der Waals surface area contributed by atoms with Crippen LogP contribution in [0.3, 0.4) is 0 Å². The maximum atomic E-state index is 12.8. The van der Waals surface area contributed by atoms with Crippen LogP contribution in [0.15, 0.2) is 47.4 Å². The Balaban J connectivity index is 2.05. The number of amides is 2. The van der Waals surface area contributed by atoms with Crippen molar-refractivity contribution in [3.63, 3.8) is 0 Å². The topological polar surface area (TPSA) is 116 Å². The summed E-state index contributed by atoms with van der Waals surface area (Å²) in [6.45, 7) is 1.57. The third kappa shape index (κ3) is 3.79. The monoisotopic (exact) mass is 366 g/mol. The maximum absolute atomic E-state index is 12.8. The SMILES string of the molecule is COc1ccc(NC(=O)c2cn(CC(N)=O)c3nc(C)ccc3c2=O)cc1. The van der Waals surface area contributed by atoms with Crippen LogP contribution in [0.4, 0.5) is 5.69 Å². The van der Waals surface area contributed by atoms with Gasteiger partial charge in [0.15, 0.2) is 0 Å². The molecule has 27 heavy (non-hydrogen) atoms. The van der Waals surface area contributed by atoms with Gasteiger partial charge in [-0.2, -0.15) is 0 Å². The lowest BCUT2D eigenvalue weighted by atomic mass is 10.1. The number of ether oxygens (including phenoxy) is 1. The summed E-state index contributed by atoms with van der Waals surface area (Å²) in [5.41, 5.74) is 6.20. The lowest BCUT2D eigenvalue weighted by Gasteiger charge is -2.12. The molecule has 8 heteroatoms. The van der Waals surface area contributed by atoms with Gasteiger partial charge in [-0.15, -0.1) is 0 Å². The average Bonchev–Trinajstić information content (AvgIpc) is 2.64. The van der Waals surface area contributed by atoms with Crippen molar-refractivity contribution in [3.05, 3.63) is 64.1 Å². The van der Waals surface area contributed by atoms with Gasteiger partial charge >= 0.3 is 0 Å². The number of nitrogens with zero attached hydrogens (tertiary/aromatic N) is 2. The van der Waals surface area contributed by atoms with Gasteiger partial charge in [0, 0.05) is 17.6 Å². The van der Waals surface area contributed by atoms with Gasteiger partial charge < -0.3 is 20.4 Å². The Bertz CT molecular complexity index is 1090. The van der Waals surface area contributed by atoms with Gasteiger partial charge in [0.05, 0.1) is 12.5 Å². The van der Waals surface area contributed by atoms with Crippen LogP contribution in [0.1, 0.15) is 16.1 Å². The van der Waals surface area contributed by atoms with Crippen molar-refractivity contribution < 1.29 is 14.3 Å². The van der Waals surface area contributed by atoms with Gasteiger partial charge in [-0.3, -0.25) is 14.4 Å². The van der Waals surface area contributed by atoms with Gasteiger partial charge in [0.1, 0.15) is 23.5 Å². The predicted octanol–water partition coefficient (Wildman–Crippen LogP) is 1.45. The largest absolute Gasteiger partial charge is 0.497 e. The summed E-state index contributed by atoms with van der Waals surface area (Å²) in [6.07, 6.45) is 1.31. The molecule has 0 atom stereocenters. The van der Waals surface area contributed by atoms with Gasteiger partial charge in [-0.05, 0) is 43.3 Å². The first-order valence-electron chi connectivity index (χ1n) is 8.13. The Labute approximate surface area is 154 Å². The van der Waals surface area contributed by atoms with Crippen LogP contribution in [0.5, 0.6) is 5.75 Å². The third-order valence-electron chi connectivity index (χ3n) is 3.98. The average molecular weight is 366 g/mol. The predicted molar refractivity (Wildman–Crippen MR) is 101 cm³/mol. The molecule has 0 saturated carbocycles. The number of hydrogen-bond acceptors (Lipinski definition) is 5. The normalized spacial score (nSPS) is 10.6. The summed E-state index contributed by atoms with van der Waals surface area (Å²) in [7, 11) is 1.54. The lowest BCUT2D eigenvalue weighted by molar-refractivity contribution is -0.118. The molecule has 0 spiro atoms. The van der Waals surface area contributed by atoms with Crippen LogP contribution in [0.2, 0.25) is 0 Å². The molecular formula is C19H18N4O4. The van der Waals surface area contributed by atoms with Crippen molar-refractivity contribution >= 4 is 28.5 Å². The summed E-state index contributed by atoms with van der Waals surface area (Å²) in [4.78, 5) is 41.1. The molecule has 3 aromatic rings. The Morgan fingerprint density at radius 2 is 1.89 bits per heavy atom. The summed E-state index contributed by atoms with van der Waals surface area (Å²) in [5, 5.41) is 2.90. The highest BCUT2D eigenvalue weighted by molar-refractivity contribution is 6.05. The number of aryl methyl sites for hydroxylation is 1. The zero-order valence-electron chi connectivity index (χ0n) is 14.9. The molecule has 1 aromatic carbocycles. The fourth-order valence-electron chi connectivity index (χ4n) is 2.68. The number of nitrogens with one attached hydrogen (secondary N) is 1. The number of carbonyl (C=O) groups excluding carboxylic acids is 2. The number of hydrogen-bond donors (Lipinski definition) is 2. The van der Waals surface area contributed by atoms with E-state index in [0.717, 1.165) is 0 Å². The highest BCUT2D eigenvalue weighted by Gasteiger charge is 2.17. The number of pyridine rings is 2. The van der Waals surface area contributed by atoms with Crippen LogP contribution in [-0.4, -0.2) is 28.5 Å². The molecule has 3 rings (SSSR count). The van der Waals surface area contributed by atoms with Crippen molar-refractivity contribution in [2.75, 3.05) is 12.4 Å². The van der Waals surface area contributed by atoms with Crippen molar-refractivity contribution in [1.29, 1.82) is 0 Å². The maximum Gasteiger partial charge on any atom is 0.261 e. The molecule has 0 radical (unpaired) electrons. The van der Waals surface area contributed by atoms with Crippen molar-refractivity contribution in [3.8, 4) is 5.75 Å². The molecule has 3 N–H and O–H groups in total. The number of benzene rings is 1. The molecule has 138 valence electrons. The van der Waals surface area contributed by atoms with E-state index in [2.05, 4.69) is 10.3 Å². The zero-order chi connectivity index (χ0) is 19.6. The van der Waals surface area contributed by atoms with E-state index in [1.54, 1.807) is 50.4 Å². The number of aromatic nitrogens is 2. The number of nitrogens with two attached hydrogens (primary N) is 1. The minimum absolute atomic E-state index is 0.106. The summed E-state index contributed by atoms with van der Waals surface area (Å²) in [6, 6.07) is 9.95. The minimum Gasteiger partial charge on any atom is -0.497 e. The first kappa shape index (κ1) is 18.1. The van der Waals surface area contributed by atoms with Gasteiger partial charge in [-0.25, -0.2) is 4.98 Å². The molecule has 0 unspecified atom stereocenters. The summed E-state index contributed by atoms with van der Waals surface area (Å²) in [5.74, 6) is -0.556. The quantitative estimate of drug-likeness (QED) is 0.709. The lowest BCUT2D eigenvalue weighted by Crippen LogP contribution is -2.27. The standard InChI is InChI=1S/C19H18N4O4/c1-11-3-8-14-17(25)15(9-23(10-16(20)24)18(14)21-11)19(26)22-12-4-6-13(27-2)7-5-12/h3-9H,10H2,1-2H3,(H2,20,24)(H,22,26). The minimum atomic E-state index is -0.607. The molecule has 2 aromatic heterocycles. The fourth-order valence-corrected chi connectivity index (χ4v) is 2.68. The highest BCUT2D eigenvalue weighted by Crippen LogP contribution is 2.16. The number of rotatable bonds is 5. The first-order valence-corrected chi connectivity index (χ1v) is 8.13. The molecule has 0 aliphatic rings. The molecule has 2 heterocycles. The molecule has 0 aliphatic carbocycles. The second-order valence-corrected chi connectivity index (χ2v) is 5.97. The van der Waals surface area contributed by atoms with Crippen LogP contribution in [-0.2, 0) is 11.3 Å². The second-order valence-electron chi connectivity index (χ2n) is 5.97. The summed E-state index contributed by atoms with van der Waals surface area (Å²) < 4.78 is 6.48. The van der Waals surface area contributed by atoms with Gasteiger partial charge in [0.2, 0.25) is 11.3 Å². The van der Waals surface area contributed by atoms with E-state index >= 15 is 0 Å². The highest BCUT2D eigenvalue weighted by atomic mass is 16.5. The van der Waals surface area contributed by atoms with Crippen LogP contribution in [0, 0.1) is 6.92 Å². The Hall–Kier alpha value is -3.68. The molecule has 0 saturated heterocycles. The Kier molecular flexibility index (Phi) is 4.89. The first-order chi connectivity index (χ1) is 12.9. The molecular weight excluding hydrogens is 348 g/mol. The third-order valence-corrected chi connectivity index (χ3v) is 3.98. The van der Waals surface area contributed by atoms with E-state index in [9.17, 15) is 14.4 Å². The van der Waals surface area contributed by atoms with Crippen molar-refractivity contribution in [2.45, 2.75) is 13.5 Å². The van der Waals surface area contributed by atoms with E-state index in [0.29, 0.717) is 22.8 Å². The fraction of sp³-hybridized carbons (Fsp3) is 0.158. The summed E-state index contributed by atoms with van der Waals surface area (Å²) >= 11 is 0. The second kappa shape index (κ2) is 7.28. The van der Waals surface area contributed by atoms with Crippen LogP contribution >= 0.6 is 0 Å². The number of fused-ring (bicyclic) bond motifs is 1. The molecule has 0 bridgehead atoms. The van der Waals surface area contributed by atoms with E-state index < -0.39 is 17.2 Å². The van der Waals surface area contributed by atoms with Gasteiger partial charge in [-0.1, -0.05) is 0 Å². The van der Waals surface area contributed by atoms with E-state index in [-0.39, 0.29) is 17.5 Å². The van der Waals surface area contributed by atoms with E-state index in [1.165, 1.54) is 10.8 Å². The van der Waals surface area contributed by atoms with Crippen LogP contribution in [0.25, 0.3) is 11.0 Å². The zero-order valence-corrected chi connectivity index (χ0v) is 14.9. The van der Waals surface area contributed by atoms with E-state index in [1.807, 2.05) is 0 Å².